The number of pyridine rings is 1. The minimum absolute atomic E-state index is 0.0218. The Balaban J connectivity index is 2.39. The average molecular weight is 497 g/mol. The number of carbonyl (C=O) groups is 2. The molecule has 0 spiro atoms. The molecule has 0 aliphatic carbocycles. The quantitative estimate of drug-likeness (QED) is 0.692. The van der Waals surface area contributed by atoms with Gasteiger partial charge in [-0.3, -0.25) is 4.79 Å². The van der Waals surface area contributed by atoms with Gasteiger partial charge in [-0.2, -0.15) is 18.2 Å². The molecule has 1 fully saturated rings. The fourth-order valence-corrected chi connectivity index (χ4v) is 3.49. The van der Waals surface area contributed by atoms with Gasteiger partial charge in [-0.15, -0.1) is 0 Å². The van der Waals surface area contributed by atoms with Crippen molar-refractivity contribution in [3.05, 3.63) is 16.1 Å². The number of halogens is 4. The van der Waals surface area contributed by atoms with Crippen molar-refractivity contribution in [1.29, 1.82) is 0 Å². The molecule has 1 aromatic rings. The van der Waals surface area contributed by atoms with Gasteiger partial charge in [0.15, 0.2) is 0 Å². The largest absolute Gasteiger partial charge is 0.481 e. The number of nitrogens with one attached hydrogen (secondary N) is 1. The molecule has 1 aromatic heterocycles. The fourth-order valence-electron chi connectivity index (χ4n) is 2.94. The second kappa shape index (κ2) is 8.86. The Hall–Kier alpha value is -2.24. The summed E-state index contributed by atoms with van der Waals surface area (Å²) in [7, 11) is 2.52. The molecule has 0 bridgehead atoms. The second-order valence-corrected chi connectivity index (χ2v) is 8.45. The summed E-state index contributed by atoms with van der Waals surface area (Å²) in [5.74, 6) is -0.918. The van der Waals surface area contributed by atoms with Crippen molar-refractivity contribution in [2.45, 2.75) is 38.6 Å². The molecule has 2 heterocycles. The van der Waals surface area contributed by atoms with E-state index >= 15 is 0 Å². The zero-order valence-corrected chi connectivity index (χ0v) is 18.8. The number of hydrogen-bond acceptors (Lipinski definition) is 6. The first kappa shape index (κ1) is 24.0. The Morgan fingerprint density at radius 2 is 1.90 bits per heavy atom. The van der Waals surface area contributed by atoms with Crippen LogP contribution in [0.2, 0.25) is 0 Å². The summed E-state index contributed by atoms with van der Waals surface area (Å²) in [5.41, 5.74) is -1.74. The molecule has 2 amide bonds. The van der Waals surface area contributed by atoms with Gasteiger partial charge in [-0.05, 0) is 42.8 Å². The van der Waals surface area contributed by atoms with Crippen molar-refractivity contribution in [1.82, 2.24) is 15.2 Å². The van der Waals surface area contributed by atoms with Crippen LogP contribution < -0.4 is 15.0 Å². The van der Waals surface area contributed by atoms with Crippen molar-refractivity contribution in [2.75, 3.05) is 38.7 Å². The minimum Gasteiger partial charge on any atom is -0.481 e. The van der Waals surface area contributed by atoms with E-state index in [2.05, 4.69) is 26.2 Å². The first-order valence-electron chi connectivity index (χ1n) is 9.06. The number of carbonyl (C=O) groups excluding carboxylic acids is 2. The maximum Gasteiger partial charge on any atom is 0.421 e. The van der Waals surface area contributed by atoms with Crippen molar-refractivity contribution >= 4 is 33.7 Å². The van der Waals surface area contributed by atoms with Gasteiger partial charge in [0, 0.05) is 20.1 Å². The van der Waals surface area contributed by atoms with E-state index in [1.807, 2.05) is 0 Å². The van der Waals surface area contributed by atoms with Crippen LogP contribution in [0.1, 0.15) is 26.3 Å². The van der Waals surface area contributed by atoms with Crippen molar-refractivity contribution in [3.8, 4) is 5.88 Å². The van der Waals surface area contributed by atoms with Crippen molar-refractivity contribution in [2.24, 2.45) is 0 Å². The summed E-state index contributed by atoms with van der Waals surface area (Å²) >= 11 is 3.12. The van der Waals surface area contributed by atoms with Gasteiger partial charge in [0.2, 0.25) is 11.8 Å². The smallest absolute Gasteiger partial charge is 0.421 e. The highest BCUT2D eigenvalue weighted by molar-refractivity contribution is 9.10. The third kappa shape index (κ3) is 5.46. The second-order valence-electron chi connectivity index (χ2n) is 7.60. The molecule has 1 atom stereocenters. The van der Waals surface area contributed by atoms with Gasteiger partial charge >= 0.3 is 12.3 Å². The molecule has 0 aromatic carbocycles. The molecule has 0 saturated carbocycles. The summed E-state index contributed by atoms with van der Waals surface area (Å²) in [5, 5.41) is 2.51. The van der Waals surface area contributed by atoms with Gasteiger partial charge in [0.05, 0.1) is 18.1 Å². The highest BCUT2D eigenvalue weighted by Crippen LogP contribution is 2.40. The van der Waals surface area contributed by atoms with E-state index in [1.54, 1.807) is 20.8 Å². The van der Waals surface area contributed by atoms with E-state index in [-0.39, 0.29) is 29.9 Å². The van der Waals surface area contributed by atoms with E-state index in [9.17, 15) is 22.8 Å². The van der Waals surface area contributed by atoms with E-state index in [0.29, 0.717) is 0 Å². The topological polar surface area (TPSA) is 84.0 Å². The number of ether oxygens (including phenoxy) is 2. The van der Waals surface area contributed by atoms with Crippen LogP contribution in [0.15, 0.2) is 10.5 Å². The number of aromatic nitrogens is 1. The van der Waals surface area contributed by atoms with Crippen LogP contribution in [-0.2, 0) is 15.7 Å². The third-order valence-corrected chi connectivity index (χ3v) is 4.86. The highest BCUT2D eigenvalue weighted by Gasteiger charge is 2.40. The molecule has 2 rings (SSSR count). The predicted octanol–water partition coefficient (Wildman–Crippen LogP) is 3.04. The standard InChI is InChI=1S/C18H24BrF3N4O4/c1-17(2,3)30-16(28)25-6-7-26(12(9-25)14(27)23-4)13-11(19)8-10(18(20,21)22)15(24-13)29-5/h8,12H,6-7,9H2,1-5H3,(H,23,27)/t12-/m0/s1. The molecule has 8 nitrogen and oxygen atoms in total. The van der Waals surface area contributed by atoms with Crippen LogP contribution >= 0.6 is 15.9 Å². The fraction of sp³-hybridized carbons (Fsp3) is 0.611. The number of rotatable bonds is 3. The average Bonchev–Trinajstić information content (AvgIpc) is 2.64. The van der Waals surface area contributed by atoms with E-state index in [4.69, 9.17) is 9.47 Å². The molecule has 1 aliphatic heterocycles. The summed E-state index contributed by atoms with van der Waals surface area (Å²) < 4.78 is 50.0. The van der Waals surface area contributed by atoms with Gasteiger partial charge in [-0.25, -0.2) is 4.79 Å². The molecule has 12 heteroatoms. The van der Waals surface area contributed by atoms with Gasteiger partial charge in [0.25, 0.3) is 0 Å². The Labute approximate surface area is 180 Å². The van der Waals surface area contributed by atoms with E-state index in [0.717, 1.165) is 13.2 Å². The zero-order valence-electron chi connectivity index (χ0n) is 17.3. The molecule has 1 aliphatic rings. The van der Waals surface area contributed by atoms with Gasteiger partial charge < -0.3 is 24.6 Å². The van der Waals surface area contributed by atoms with E-state index in [1.165, 1.54) is 16.8 Å². The summed E-state index contributed by atoms with van der Waals surface area (Å²) in [4.78, 5) is 31.8. The first-order chi connectivity index (χ1) is 13.8. The SMILES string of the molecule is CNC(=O)[C@@H]1CN(C(=O)OC(C)(C)C)CCN1c1nc(OC)c(C(F)(F)F)cc1Br. The van der Waals surface area contributed by atoms with Crippen molar-refractivity contribution in [3.63, 3.8) is 0 Å². The summed E-state index contributed by atoms with van der Waals surface area (Å²) in [6.45, 7) is 5.51. The number of amides is 2. The minimum atomic E-state index is -4.66. The molecular weight excluding hydrogens is 473 g/mol. The molecule has 0 unspecified atom stereocenters. The number of anilines is 1. The third-order valence-electron chi connectivity index (χ3n) is 4.27. The Bertz CT molecular complexity index is 814. The summed E-state index contributed by atoms with van der Waals surface area (Å²) in [6.07, 6.45) is -5.23. The van der Waals surface area contributed by atoms with Crippen LogP contribution in [0.3, 0.4) is 0 Å². The van der Waals surface area contributed by atoms with Crippen molar-refractivity contribution < 1.29 is 32.2 Å². The summed E-state index contributed by atoms with van der Waals surface area (Å²) in [6, 6.07) is -0.0241. The Morgan fingerprint density at radius 1 is 1.27 bits per heavy atom. The van der Waals surface area contributed by atoms with Crippen LogP contribution in [0.4, 0.5) is 23.8 Å². The molecular formula is C18H24BrF3N4O4. The normalized spacial score (nSPS) is 17.6. The van der Waals surface area contributed by atoms with E-state index < -0.39 is 41.3 Å². The van der Waals surface area contributed by atoms with Crippen LogP contribution in [0.5, 0.6) is 5.88 Å². The molecule has 30 heavy (non-hydrogen) atoms. The lowest BCUT2D eigenvalue weighted by molar-refractivity contribution is -0.139. The lowest BCUT2D eigenvalue weighted by Gasteiger charge is -2.41. The number of nitrogens with zero attached hydrogens (tertiary/aromatic N) is 3. The predicted molar refractivity (Wildman–Crippen MR) is 106 cm³/mol. The number of alkyl halides is 3. The van der Waals surface area contributed by atoms with Crippen LogP contribution in [0.25, 0.3) is 0 Å². The van der Waals surface area contributed by atoms with Gasteiger partial charge in [0.1, 0.15) is 23.0 Å². The number of likely N-dealkylation sites (N-methyl/N-ethyl adjacent to an activating group) is 1. The molecule has 168 valence electrons. The number of hydrogen-bond donors (Lipinski definition) is 1. The van der Waals surface area contributed by atoms with Gasteiger partial charge in [-0.1, -0.05) is 0 Å². The maximum absolute atomic E-state index is 13.2. The maximum atomic E-state index is 13.2. The molecule has 1 N–H and O–H groups in total. The molecule has 1 saturated heterocycles. The Morgan fingerprint density at radius 3 is 2.40 bits per heavy atom. The zero-order chi connectivity index (χ0) is 22.9. The monoisotopic (exact) mass is 496 g/mol. The number of methoxy groups -OCH3 is 1. The Kier molecular flexibility index (Phi) is 7.10. The lowest BCUT2D eigenvalue weighted by Crippen LogP contribution is -2.60. The highest BCUT2D eigenvalue weighted by atomic mass is 79.9. The number of piperazine rings is 1. The van der Waals surface area contributed by atoms with Crippen LogP contribution in [0, 0.1) is 0 Å². The van der Waals surface area contributed by atoms with Crippen LogP contribution in [-0.4, -0.2) is 67.3 Å². The lowest BCUT2D eigenvalue weighted by atomic mass is 10.1. The molecule has 0 radical (unpaired) electrons. The first-order valence-corrected chi connectivity index (χ1v) is 9.85.